The van der Waals surface area contributed by atoms with Gasteiger partial charge in [-0.1, -0.05) is 39.8 Å². The number of piperidine rings is 1. The van der Waals surface area contributed by atoms with Gasteiger partial charge < -0.3 is 10.2 Å². The van der Waals surface area contributed by atoms with Crippen molar-refractivity contribution < 1.29 is 4.79 Å². The van der Waals surface area contributed by atoms with Crippen molar-refractivity contribution >= 4 is 17.4 Å². The van der Waals surface area contributed by atoms with Gasteiger partial charge in [0.1, 0.15) is 5.82 Å². The Balaban J connectivity index is 1.70. The molecule has 1 fully saturated rings. The number of likely N-dealkylation sites (tertiary alicyclic amines) is 1. The molecule has 26 heavy (non-hydrogen) atoms. The summed E-state index contributed by atoms with van der Waals surface area (Å²) in [5.41, 5.74) is 3.10. The molecule has 0 bridgehead atoms. The molecular weight excluding hydrogens is 322 g/mol. The fourth-order valence-electron chi connectivity index (χ4n) is 3.23. The first kappa shape index (κ1) is 18.4. The second kappa shape index (κ2) is 7.48. The monoisotopic (exact) mass is 351 g/mol. The molecule has 0 saturated carbocycles. The highest BCUT2D eigenvalue weighted by Gasteiger charge is 2.21. The molecule has 1 amide bonds. The van der Waals surface area contributed by atoms with Gasteiger partial charge in [-0.2, -0.15) is 0 Å². The minimum atomic E-state index is 0.102. The first-order valence-corrected chi connectivity index (χ1v) is 9.46. The van der Waals surface area contributed by atoms with Crippen LogP contribution in [0.25, 0.3) is 0 Å². The van der Waals surface area contributed by atoms with Gasteiger partial charge in [-0.25, -0.2) is 4.98 Å². The Kier molecular flexibility index (Phi) is 5.30. The van der Waals surface area contributed by atoms with Crippen molar-refractivity contribution in [2.75, 3.05) is 18.4 Å². The average molecular weight is 351 g/mol. The lowest BCUT2D eigenvalue weighted by Gasteiger charge is -2.30. The van der Waals surface area contributed by atoms with E-state index in [1.807, 2.05) is 11.0 Å². The van der Waals surface area contributed by atoms with Gasteiger partial charge in [0.2, 0.25) is 0 Å². The van der Waals surface area contributed by atoms with Crippen molar-refractivity contribution in [3.8, 4) is 0 Å². The molecule has 1 aliphatic heterocycles. The number of nitrogens with one attached hydrogen (secondary N) is 1. The lowest BCUT2D eigenvalue weighted by molar-refractivity contribution is 0.0697. The largest absolute Gasteiger partial charge is 0.340 e. The zero-order valence-electron chi connectivity index (χ0n) is 16.2. The Hall–Kier alpha value is -2.36. The second-order valence-corrected chi connectivity index (χ2v) is 8.36. The number of carbonyl (C=O) groups is 1. The van der Waals surface area contributed by atoms with Gasteiger partial charge in [0.15, 0.2) is 0 Å². The second-order valence-electron chi connectivity index (χ2n) is 8.36. The SMILES string of the molecule is CC1CCN(C(=O)c2ccnc(Nc3ccc(C(C)(C)C)cc3)c2)CC1. The lowest BCUT2D eigenvalue weighted by Crippen LogP contribution is -2.37. The molecule has 1 N–H and O–H groups in total. The molecule has 2 heterocycles. The number of hydrogen-bond donors (Lipinski definition) is 1. The Labute approximate surface area is 156 Å². The van der Waals surface area contributed by atoms with Gasteiger partial charge in [0.25, 0.3) is 5.91 Å². The molecule has 0 atom stereocenters. The number of benzene rings is 1. The summed E-state index contributed by atoms with van der Waals surface area (Å²) in [4.78, 5) is 19.1. The van der Waals surface area contributed by atoms with Crippen LogP contribution >= 0.6 is 0 Å². The summed E-state index contributed by atoms with van der Waals surface area (Å²) in [6, 6.07) is 12.0. The molecule has 1 aliphatic rings. The van der Waals surface area contributed by atoms with E-state index in [1.54, 1.807) is 12.3 Å². The molecule has 4 heteroatoms. The van der Waals surface area contributed by atoms with Crippen molar-refractivity contribution in [3.63, 3.8) is 0 Å². The van der Waals surface area contributed by atoms with E-state index in [2.05, 4.69) is 62.3 Å². The molecule has 0 unspecified atom stereocenters. The van der Waals surface area contributed by atoms with E-state index in [-0.39, 0.29) is 11.3 Å². The van der Waals surface area contributed by atoms with E-state index in [4.69, 9.17) is 0 Å². The van der Waals surface area contributed by atoms with Crippen LogP contribution in [0.2, 0.25) is 0 Å². The standard InChI is InChI=1S/C22H29N3O/c1-16-10-13-25(14-11-16)21(26)17-9-12-23-20(15-17)24-19-7-5-18(6-8-19)22(2,3)4/h5-9,12,15-16H,10-11,13-14H2,1-4H3,(H,23,24). The van der Waals surface area contributed by atoms with Crippen molar-refractivity contribution in [2.45, 2.75) is 46.0 Å². The topological polar surface area (TPSA) is 45.2 Å². The number of pyridine rings is 1. The fraction of sp³-hybridized carbons (Fsp3) is 0.455. The fourth-order valence-corrected chi connectivity index (χ4v) is 3.23. The molecule has 2 aromatic rings. The van der Waals surface area contributed by atoms with Crippen LogP contribution < -0.4 is 5.32 Å². The lowest BCUT2D eigenvalue weighted by atomic mass is 9.87. The quantitative estimate of drug-likeness (QED) is 0.847. The molecule has 0 spiro atoms. The van der Waals surface area contributed by atoms with E-state index in [1.165, 1.54) is 5.56 Å². The summed E-state index contributed by atoms with van der Waals surface area (Å²) in [6.07, 6.45) is 3.87. The van der Waals surface area contributed by atoms with Gasteiger partial charge in [-0.05, 0) is 54.0 Å². The first-order chi connectivity index (χ1) is 12.3. The van der Waals surface area contributed by atoms with E-state index in [0.717, 1.165) is 31.6 Å². The highest BCUT2D eigenvalue weighted by Crippen LogP contribution is 2.25. The molecule has 1 saturated heterocycles. The highest BCUT2D eigenvalue weighted by atomic mass is 16.2. The summed E-state index contributed by atoms with van der Waals surface area (Å²) in [5.74, 6) is 1.51. The van der Waals surface area contributed by atoms with Gasteiger partial charge in [0, 0.05) is 30.5 Å². The van der Waals surface area contributed by atoms with Crippen LogP contribution in [-0.2, 0) is 5.41 Å². The zero-order valence-corrected chi connectivity index (χ0v) is 16.2. The summed E-state index contributed by atoms with van der Waals surface area (Å²) in [6.45, 7) is 10.5. The maximum Gasteiger partial charge on any atom is 0.254 e. The third kappa shape index (κ3) is 4.43. The number of anilines is 2. The average Bonchev–Trinajstić information content (AvgIpc) is 2.62. The molecule has 0 radical (unpaired) electrons. The van der Waals surface area contributed by atoms with Crippen LogP contribution in [0.5, 0.6) is 0 Å². The predicted octanol–water partition coefficient (Wildman–Crippen LogP) is 4.99. The van der Waals surface area contributed by atoms with Crippen LogP contribution in [0.3, 0.4) is 0 Å². The molecule has 1 aromatic carbocycles. The Bertz CT molecular complexity index is 754. The third-order valence-electron chi connectivity index (χ3n) is 5.10. The van der Waals surface area contributed by atoms with E-state index in [0.29, 0.717) is 17.3 Å². The Morgan fingerprint density at radius 1 is 1.12 bits per heavy atom. The molecule has 0 aliphatic carbocycles. The summed E-state index contributed by atoms with van der Waals surface area (Å²) >= 11 is 0. The molecule has 3 rings (SSSR count). The zero-order chi connectivity index (χ0) is 18.7. The van der Waals surface area contributed by atoms with Gasteiger partial charge >= 0.3 is 0 Å². The smallest absolute Gasteiger partial charge is 0.254 e. The third-order valence-corrected chi connectivity index (χ3v) is 5.10. The summed E-state index contributed by atoms with van der Waals surface area (Å²) in [7, 11) is 0. The van der Waals surface area contributed by atoms with Crippen molar-refractivity contribution in [1.82, 2.24) is 9.88 Å². The minimum absolute atomic E-state index is 0.102. The Morgan fingerprint density at radius 3 is 2.38 bits per heavy atom. The normalized spacial score (nSPS) is 15.8. The highest BCUT2D eigenvalue weighted by molar-refractivity contribution is 5.95. The van der Waals surface area contributed by atoms with Gasteiger partial charge in [-0.15, -0.1) is 0 Å². The van der Waals surface area contributed by atoms with Gasteiger partial charge in [-0.3, -0.25) is 4.79 Å². The summed E-state index contributed by atoms with van der Waals surface area (Å²) < 4.78 is 0. The van der Waals surface area contributed by atoms with Crippen LogP contribution in [0.4, 0.5) is 11.5 Å². The molecule has 138 valence electrons. The van der Waals surface area contributed by atoms with E-state index >= 15 is 0 Å². The van der Waals surface area contributed by atoms with E-state index in [9.17, 15) is 4.79 Å². The van der Waals surface area contributed by atoms with Crippen LogP contribution in [0.1, 0.15) is 56.5 Å². The minimum Gasteiger partial charge on any atom is -0.340 e. The predicted molar refractivity (Wildman–Crippen MR) is 107 cm³/mol. The van der Waals surface area contributed by atoms with Crippen molar-refractivity contribution in [1.29, 1.82) is 0 Å². The van der Waals surface area contributed by atoms with Crippen molar-refractivity contribution in [3.05, 3.63) is 53.7 Å². The number of aromatic nitrogens is 1. The van der Waals surface area contributed by atoms with Crippen LogP contribution in [0.15, 0.2) is 42.6 Å². The first-order valence-electron chi connectivity index (χ1n) is 9.46. The number of nitrogens with zero attached hydrogens (tertiary/aromatic N) is 2. The summed E-state index contributed by atoms with van der Waals surface area (Å²) in [5, 5.41) is 3.31. The Morgan fingerprint density at radius 2 is 1.77 bits per heavy atom. The number of carbonyl (C=O) groups excluding carboxylic acids is 1. The number of rotatable bonds is 3. The maximum absolute atomic E-state index is 12.7. The number of amides is 1. The van der Waals surface area contributed by atoms with Gasteiger partial charge in [0.05, 0.1) is 0 Å². The van der Waals surface area contributed by atoms with Crippen LogP contribution in [0, 0.1) is 5.92 Å². The van der Waals surface area contributed by atoms with Crippen molar-refractivity contribution in [2.24, 2.45) is 5.92 Å². The number of hydrogen-bond acceptors (Lipinski definition) is 3. The maximum atomic E-state index is 12.7. The molecule has 1 aromatic heterocycles. The molecular formula is C22H29N3O. The van der Waals surface area contributed by atoms with Crippen LogP contribution in [-0.4, -0.2) is 28.9 Å². The van der Waals surface area contributed by atoms with E-state index < -0.39 is 0 Å². The molecule has 4 nitrogen and oxygen atoms in total.